The van der Waals surface area contributed by atoms with Crippen molar-refractivity contribution in [2.75, 3.05) is 64.4 Å². The highest BCUT2D eigenvalue weighted by Crippen LogP contribution is 2.24. The van der Waals surface area contributed by atoms with Crippen molar-refractivity contribution in [1.82, 2.24) is 29.9 Å². The van der Waals surface area contributed by atoms with E-state index in [-0.39, 0.29) is 11.9 Å². The number of hydrogen-bond acceptors (Lipinski definition) is 7. The van der Waals surface area contributed by atoms with Crippen LogP contribution >= 0.6 is 0 Å². The van der Waals surface area contributed by atoms with Crippen molar-refractivity contribution >= 4 is 22.8 Å². The number of carbonyl (C=O) groups is 1. The van der Waals surface area contributed by atoms with Gasteiger partial charge in [0.15, 0.2) is 11.3 Å². The first-order valence-electron chi connectivity index (χ1n) is 14.0. The Bertz CT molecular complexity index is 1010. The number of likely N-dealkylation sites (tertiary alicyclic amines) is 2. The van der Waals surface area contributed by atoms with E-state index in [0.717, 1.165) is 75.6 Å². The molecule has 0 saturated carbocycles. The second kappa shape index (κ2) is 11.9. The third-order valence-electron chi connectivity index (χ3n) is 8.30. The third-order valence-corrected chi connectivity index (χ3v) is 8.30. The molecule has 1 amide bonds. The fourth-order valence-electron chi connectivity index (χ4n) is 6.16. The summed E-state index contributed by atoms with van der Waals surface area (Å²) in [5.41, 5.74) is 1.27. The Morgan fingerprint density at radius 1 is 1.00 bits per heavy atom. The third kappa shape index (κ3) is 5.84. The van der Waals surface area contributed by atoms with Gasteiger partial charge in [0, 0.05) is 65.5 Å². The summed E-state index contributed by atoms with van der Waals surface area (Å²) in [7, 11) is 3.68. The molecule has 0 aromatic carbocycles. The summed E-state index contributed by atoms with van der Waals surface area (Å²) in [6.45, 7) is 8.38. The Hall–Kier alpha value is -2.23. The van der Waals surface area contributed by atoms with Crippen molar-refractivity contribution in [3.05, 3.63) is 17.8 Å². The molecular formula is C27H43N7O2. The molecule has 9 nitrogen and oxygen atoms in total. The maximum absolute atomic E-state index is 13.2. The fourth-order valence-corrected chi connectivity index (χ4v) is 6.16. The minimum Gasteiger partial charge on any atom is -0.383 e. The summed E-state index contributed by atoms with van der Waals surface area (Å²) in [6.07, 6.45) is 9.50. The number of piperidine rings is 1. The van der Waals surface area contributed by atoms with Crippen LogP contribution in [0.4, 0.5) is 5.82 Å². The number of aryl methyl sites for hydroxylation is 1. The summed E-state index contributed by atoms with van der Waals surface area (Å²) in [6, 6.07) is 4.86. The van der Waals surface area contributed by atoms with E-state index in [9.17, 15) is 4.79 Å². The Morgan fingerprint density at radius 2 is 1.78 bits per heavy atom. The molecule has 2 aromatic heterocycles. The number of nitrogens with one attached hydrogen (secondary N) is 1. The fraction of sp³-hybridized carbons (Fsp3) is 0.741. The van der Waals surface area contributed by atoms with Gasteiger partial charge in [-0.15, -0.1) is 0 Å². The van der Waals surface area contributed by atoms with Crippen LogP contribution in [0.2, 0.25) is 0 Å². The smallest absolute Gasteiger partial charge is 0.272 e. The zero-order valence-electron chi connectivity index (χ0n) is 22.1. The van der Waals surface area contributed by atoms with Crippen LogP contribution in [0.25, 0.3) is 11.0 Å². The SMILES string of the molecule is COCC1CCCN1CCN1CCC(NC(=O)c2nn(C)c3nc(N4CCCCCC4)ccc23)CC1. The first-order chi connectivity index (χ1) is 17.6. The van der Waals surface area contributed by atoms with E-state index in [1.807, 2.05) is 13.1 Å². The first-order valence-corrected chi connectivity index (χ1v) is 14.0. The zero-order valence-corrected chi connectivity index (χ0v) is 22.1. The van der Waals surface area contributed by atoms with E-state index < -0.39 is 0 Å². The van der Waals surface area contributed by atoms with E-state index in [4.69, 9.17) is 9.72 Å². The number of hydrogen-bond donors (Lipinski definition) is 1. The second-order valence-electron chi connectivity index (χ2n) is 10.8. The molecule has 198 valence electrons. The topological polar surface area (TPSA) is 78.8 Å². The highest BCUT2D eigenvalue weighted by atomic mass is 16.5. The lowest BCUT2D eigenvalue weighted by Gasteiger charge is -2.34. The lowest BCUT2D eigenvalue weighted by molar-refractivity contribution is 0.0884. The van der Waals surface area contributed by atoms with Gasteiger partial charge in [-0.05, 0) is 57.2 Å². The van der Waals surface area contributed by atoms with Crippen LogP contribution in [0, 0.1) is 0 Å². The number of rotatable bonds is 8. The molecule has 9 heteroatoms. The summed E-state index contributed by atoms with van der Waals surface area (Å²) >= 11 is 0. The molecule has 5 heterocycles. The molecule has 0 aliphatic carbocycles. The van der Waals surface area contributed by atoms with Crippen LogP contribution in [-0.2, 0) is 11.8 Å². The molecule has 1 unspecified atom stereocenters. The Balaban J connectivity index is 1.14. The molecule has 0 spiro atoms. The van der Waals surface area contributed by atoms with Crippen LogP contribution in [0.5, 0.6) is 0 Å². The molecular weight excluding hydrogens is 454 g/mol. The normalized spacial score (nSPS) is 22.8. The number of ether oxygens (including phenoxy) is 1. The highest BCUT2D eigenvalue weighted by Gasteiger charge is 2.27. The van der Waals surface area contributed by atoms with Crippen LogP contribution in [0.15, 0.2) is 12.1 Å². The minimum atomic E-state index is -0.0807. The van der Waals surface area contributed by atoms with Gasteiger partial charge >= 0.3 is 0 Å². The lowest BCUT2D eigenvalue weighted by Crippen LogP contribution is -2.47. The van der Waals surface area contributed by atoms with Gasteiger partial charge in [-0.2, -0.15) is 5.10 Å². The molecule has 3 fully saturated rings. The predicted octanol–water partition coefficient (Wildman–Crippen LogP) is 2.65. The molecule has 3 aliphatic rings. The molecule has 2 aromatic rings. The first kappa shape index (κ1) is 25.4. The number of aromatic nitrogens is 3. The average Bonchev–Trinajstić information content (AvgIpc) is 3.36. The molecule has 1 N–H and O–H groups in total. The van der Waals surface area contributed by atoms with E-state index in [0.29, 0.717) is 11.7 Å². The lowest BCUT2D eigenvalue weighted by atomic mass is 10.0. The molecule has 3 aliphatic heterocycles. The van der Waals surface area contributed by atoms with E-state index in [1.165, 1.54) is 45.1 Å². The van der Waals surface area contributed by atoms with Gasteiger partial charge in [-0.1, -0.05) is 12.8 Å². The summed E-state index contributed by atoms with van der Waals surface area (Å²) in [4.78, 5) is 25.6. The number of fused-ring (bicyclic) bond motifs is 1. The van der Waals surface area contributed by atoms with Crippen molar-refractivity contribution < 1.29 is 9.53 Å². The number of pyridine rings is 1. The summed E-state index contributed by atoms with van der Waals surface area (Å²) < 4.78 is 7.15. The van der Waals surface area contributed by atoms with Gasteiger partial charge in [0.25, 0.3) is 5.91 Å². The van der Waals surface area contributed by atoms with Crippen LogP contribution < -0.4 is 10.2 Å². The summed E-state index contributed by atoms with van der Waals surface area (Å²) in [5, 5.41) is 8.67. The monoisotopic (exact) mass is 497 g/mol. The number of anilines is 1. The molecule has 0 radical (unpaired) electrons. The zero-order chi connectivity index (χ0) is 24.9. The van der Waals surface area contributed by atoms with Crippen molar-refractivity contribution in [2.45, 2.75) is 63.5 Å². The predicted molar refractivity (Wildman–Crippen MR) is 143 cm³/mol. The number of nitrogens with zero attached hydrogens (tertiary/aromatic N) is 6. The van der Waals surface area contributed by atoms with Crippen molar-refractivity contribution in [2.24, 2.45) is 7.05 Å². The molecule has 5 rings (SSSR count). The van der Waals surface area contributed by atoms with Gasteiger partial charge in [-0.25, -0.2) is 9.67 Å². The van der Waals surface area contributed by atoms with Crippen molar-refractivity contribution in [1.29, 1.82) is 0 Å². The van der Waals surface area contributed by atoms with Gasteiger partial charge in [0.2, 0.25) is 0 Å². The Kier molecular flexibility index (Phi) is 8.39. The number of methoxy groups -OCH3 is 1. The van der Waals surface area contributed by atoms with Crippen LogP contribution in [0.1, 0.15) is 61.9 Å². The second-order valence-corrected chi connectivity index (χ2v) is 10.8. The molecule has 1 atom stereocenters. The number of amides is 1. The Morgan fingerprint density at radius 3 is 2.53 bits per heavy atom. The van der Waals surface area contributed by atoms with E-state index >= 15 is 0 Å². The Labute approximate surface area is 215 Å². The standard InChI is InChI=1S/C27H43N7O2/c1-31-26-23(9-10-24(29-26)34-13-5-3-4-6-14-34)25(30-31)27(35)28-21-11-16-32(17-12-21)18-19-33-15-7-8-22(33)20-36-2/h9-10,21-22H,3-8,11-20H2,1-2H3,(H,28,35). The van der Waals surface area contributed by atoms with Crippen LogP contribution in [-0.4, -0.2) is 102 Å². The molecule has 0 bridgehead atoms. The quantitative estimate of drug-likeness (QED) is 0.601. The van der Waals surface area contributed by atoms with Gasteiger partial charge < -0.3 is 19.9 Å². The summed E-state index contributed by atoms with van der Waals surface area (Å²) in [5.74, 6) is 0.914. The molecule has 36 heavy (non-hydrogen) atoms. The maximum atomic E-state index is 13.2. The van der Waals surface area contributed by atoms with E-state index in [2.05, 4.69) is 31.2 Å². The average molecular weight is 498 g/mol. The van der Waals surface area contributed by atoms with Crippen LogP contribution in [0.3, 0.4) is 0 Å². The van der Waals surface area contributed by atoms with Crippen molar-refractivity contribution in [3.8, 4) is 0 Å². The van der Waals surface area contributed by atoms with E-state index in [1.54, 1.807) is 11.8 Å². The van der Waals surface area contributed by atoms with Gasteiger partial charge in [0.05, 0.1) is 12.0 Å². The maximum Gasteiger partial charge on any atom is 0.272 e. The molecule has 3 saturated heterocycles. The van der Waals surface area contributed by atoms with Crippen molar-refractivity contribution in [3.63, 3.8) is 0 Å². The largest absolute Gasteiger partial charge is 0.383 e. The number of carbonyl (C=O) groups excluding carboxylic acids is 1. The van der Waals surface area contributed by atoms with Gasteiger partial charge in [-0.3, -0.25) is 9.69 Å². The minimum absolute atomic E-state index is 0.0807. The highest BCUT2D eigenvalue weighted by molar-refractivity contribution is 6.04. The van der Waals surface area contributed by atoms with Gasteiger partial charge in [0.1, 0.15) is 5.82 Å².